The normalized spacial score (nSPS) is 10.9. The van der Waals surface area contributed by atoms with Crippen LogP contribution in [0.15, 0.2) is 85.5 Å². The Kier molecular flexibility index (Phi) is 5.79. The number of rotatable bonds is 6. The molecular formula is C23H16F2N4O2. The standard InChI is InChI=1S/C23H16F2N4O2/c24-19-14-17(6-7-21(19)29-12-2-11-27-29)28-23(30)9-5-16-4-8-22(20(25)13-16)31-18-3-1-10-26-15-18/h1-15H,(H,28,30)/b9-5+. The van der Waals surface area contributed by atoms with Gasteiger partial charge in [0, 0.05) is 30.4 Å². The third-order valence-corrected chi connectivity index (χ3v) is 4.21. The Hall–Kier alpha value is -4.33. The van der Waals surface area contributed by atoms with Crippen molar-refractivity contribution >= 4 is 17.7 Å². The zero-order valence-electron chi connectivity index (χ0n) is 16.1. The molecular weight excluding hydrogens is 402 g/mol. The molecule has 1 amide bonds. The van der Waals surface area contributed by atoms with Crippen LogP contribution in [-0.2, 0) is 4.79 Å². The summed E-state index contributed by atoms with van der Waals surface area (Å²) in [5.41, 5.74) is 1.02. The number of anilines is 1. The maximum absolute atomic E-state index is 14.3. The highest BCUT2D eigenvalue weighted by atomic mass is 19.1. The predicted molar refractivity (Wildman–Crippen MR) is 112 cm³/mol. The number of nitrogens with one attached hydrogen (secondary N) is 1. The van der Waals surface area contributed by atoms with Crippen LogP contribution >= 0.6 is 0 Å². The number of nitrogens with zero attached hydrogens (tertiary/aromatic N) is 3. The van der Waals surface area contributed by atoms with Crippen LogP contribution in [0, 0.1) is 11.6 Å². The highest BCUT2D eigenvalue weighted by Gasteiger charge is 2.08. The zero-order chi connectivity index (χ0) is 21.6. The summed E-state index contributed by atoms with van der Waals surface area (Å²) in [6, 6.07) is 13.6. The average molecular weight is 418 g/mol. The summed E-state index contributed by atoms with van der Waals surface area (Å²) in [5, 5.41) is 6.54. The van der Waals surface area contributed by atoms with Gasteiger partial charge in [0.1, 0.15) is 11.4 Å². The van der Waals surface area contributed by atoms with Gasteiger partial charge in [-0.15, -0.1) is 0 Å². The molecule has 0 spiro atoms. The molecule has 0 fully saturated rings. The van der Waals surface area contributed by atoms with Gasteiger partial charge in [-0.3, -0.25) is 9.78 Å². The van der Waals surface area contributed by atoms with Crippen LogP contribution < -0.4 is 10.1 Å². The number of hydrogen-bond acceptors (Lipinski definition) is 4. The summed E-state index contributed by atoms with van der Waals surface area (Å²) in [4.78, 5) is 16.0. The third kappa shape index (κ3) is 4.99. The van der Waals surface area contributed by atoms with Crippen molar-refractivity contribution in [1.82, 2.24) is 14.8 Å². The van der Waals surface area contributed by atoms with Gasteiger partial charge in [0.05, 0.1) is 6.20 Å². The predicted octanol–water partition coefficient (Wildman–Crippen LogP) is 4.99. The van der Waals surface area contributed by atoms with Crippen molar-refractivity contribution in [2.24, 2.45) is 0 Å². The van der Waals surface area contributed by atoms with Gasteiger partial charge in [0.25, 0.3) is 0 Å². The lowest BCUT2D eigenvalue weighted by molar-refractivity contribution is -0.111. The van der Waals surface area contributed by atoms with E-state index in [1.165, 1.54) is 47.3 Å². The summed E-state index contributed by atoms with van der Waals surface area (Å²) < 4.78 is 35.4. The van der Waals surface area contributed by atoms with E-state index in [1.54, 1.807) is 48.9 Å². The zero-order valence-corrected chi connectivity index (χ0v) is 16.1. The van der Waals surface area contributed by atoms with Crippen LogP contribution in [-0.4, -0.2) is 20.7 Å². The summed E-state index contributed by atoms with van der Waals surface area (Å²) >= 11 is 0. The summed E-state index contributed by atoms with van der Waals surface area (Å²) in [6.45, 7) is 0. The second-order valence-electron chi connectivity index (χ2n) is 6.42. The SMILES string of the molecule is O=C(/C=C/c1ccc(Oc2cccnc2)c(F)c1)Nc1ccc(-n2cccn2)c(F)c1. The molecule has 0 aliphatic heterocycles. The van der Waals surface area contributed by atoms with E-state index >= 15 is 0 Å². The maximum atomic E-state index is 14.3. The van der Waals surface area contributed by atoms with Gasteiger partial charge in [-0.1, -0.05) is 6.07 Å². The highest BCUT2D eigenvalue weighted by Crippen LogP contribution is 2.25. The molecule has 0 atom stereocenters. The largest absolute Gasteiger partial charge is 0.453 e. The molecule has 2 aromatic heterocycles. The first-order valence-corrected chi connectivity index (χ1v) is 9.24. The van der Waals surface area contributed by atoms with E-state index < -0.39 is 17.5 Å². The molecule has 2 aromatic carbocycles. The Bertz CT molecular complexity index is 1230. The first kappa shape index (κ1) is 20.0. The van der Waals surface area contributed by atoms with E-state index in [4.69, 9.17) is 4.74 Å². The van der Waals surface area contributed by atoms with Crippen LogP contribution in [0.1, 0.15) is 5.56 Å². The molecule has 0 saturated heterocycles. The van der Waals surface area contributed by atoms with Crippen molar-refractivity contribution < 1.29 is 18.3 Å². The van der Waals surface area contributed by atoms with Crippen LogP contribution in [0.3, 0.4) is 0 Å². The number of hydrogen-bond donors (Lipinski definition) is 1. The lowest BCUT2D eigenvalue weighted by Gasteiger charge is -2.07. The van der Waals surface area contributed by atoms with Crippen LogP contribution in [0.5, 0.6) is 11.5 Å². The minimum atomic E-state index is -0.581. The number of halogens is 2. The Morgan fingerprint density at radius 1 is 1.03 bits per heavy atom. The lowest BCUT2D eigenvalue weighted by atomic mass is 10.2. The molecule has 0 aliphatic carbocycles. The molecule has 0 saturated carbocycles. The number of benzene rings is 2. The van der Waals surface area contributed by atoms with Crippen molar-refractivity contribution in [3.05, 3.63) is 103 Å². The molecule has 8 heteroatoms. The molecule has 0 aliphatic rings. The Morgan fingerprint density at radius 3 is 2.65 bits per heavy atom. The molecule has 4 aromatic rings. The number of aromatic nitrogens is 3. The summed E-state index contributed by atoms with van der Waals surface area (Å²) in [7, 11) is 0. The van der Waals surface area contributed by atoms with E-state index in [1.807, 2.05) is 0 Å². The third-order valence-electron chi connectivity index (χ3n) is 4.21. The van der Waals surface area contributed by atoms with E-state index in [-0.39, 0.29) is 17.1 Å². The number of carbonyl (C=O) groups excluding carboxylic acids is 1. The molecule has 0 bridgehead atoms. The topological polar surface area (TPSA) is 69.0 Å². The fourth-order valence-electron chi connectivity index (χ4n) is 2.78. The highest BCUT2D eigenvalue weighted by molar-refractivity contribution is 6.02. The van der Waals surface area contributed by atoms with Crippen LogP contribution in [0.2, 0.25) is 0 Å². The van der Waals surface area contributed by atoms with Gasteiger partial charge < -0.3 is 10.1 Å². The van der Waals surface area contributed by atoms with E-state index in [0.29, 0.717) is 11.3 Å². The minimum Gasteiger partial charge on any atom is -0.453 e. The Balaban J connectivity index is 1.40. The fourth-order valence-corrected chi connectivity index (χ4v) is 2.78. The summed E-state index contributed by atoms with van der Waals surface area (Å²) in [5.74, 6) is -1.14. The lowest BCUT2D eigenvalue weighted by Crippen LogP contribution is -2.08. The Morgan fingerprint density at radius 2 is 1.94 bits per heavy atom. The first-order chi connectivity index (χ1) is 15.1. The quantitative estimate of drug-likeness (QED) is 0.448. The van der Waals surface area contributed by atoms with Crippen molar-refractivity contribution in [2.75, 3.05) is 5.32 Å². The molecule has 31 heavy (non-hydrogen) atoms. The first-order valence-electron chi connectivity index (χ1n) is 9.24. The molecule has 2 heterocycles. The fraction of sp³-hybridized carbons (Fsp3) is 0. The number of pyridine rings is 1. The van der Waals surface area contributed by atoms with Crippen molar-refractivity contribution in [3.63, 3.8) is 0 Å². The number of carbonyl (C=O) groups is 1. The van der Waals surface area contributed by atoms with Gasteiger partial charge in [-0.2, -0.15) is 5.10 Å². The maximum Gasteiger partial charge on any atom is 0.248 e. The van der Waals surface area contributed by atoms with Crippen LogP contribution in [0.4, 0.5) is 14.5 Å². The minimum absolute atomic E-state index is 0.0438. The molecule has 4 rings (SSSR count). The van der Waals surface area contributed by atoms with Gasteiger partial charge in [0.15, 0.2) is 17.4 Å². The number of amides is 1. The van der Waals surface area contributed by atoms with Crippen molar-refractivity contribution in [1.29, 1.82) is 0 Å². The van der Waals surface area contributed by atoms with E-state index in [9.17, 15) is 13.6 Å². The van der Waals surface area contributed by atoms with Gasteiger partial charge in [-0.25, -0.2) is 13.5 Å². The molecule has 154 valence electrons. The van der Waals surface area contributed by atoms with Crippen molar-refractivity contribution in [3.8, 4) is 17.2 Å². The molecule has 6 nitrogen and oxygen atoms in total. The van der Waals surface area contributed by atoms with Crippen molar-refractivity contribution in [2.45, 2.75) is 0 Å². The van der Waals surface area contributed by atoms with Gasteiger partial charge >= 0.3 is 0 Å². The second-order valence-corrected chi connectivity index (χ2v) is 6.42. The van der Waals surface area contributed by atoms with Gasteiger partial charge in [-0.05, 0) is 60.2 Å². The van der Waals surface area contributed by atoms with E-state index in [0.717, 1.165) is 0 Å². The second kappa shape index (κ2) is 9.00. The molecule has 0 unspecified atom stereocenters. The van der Waals surface area contributed by atoms with Crippen LogP contribution in [0.25, 0.3) is 11.8 Å². The van der Waals surface area contributed by atoms with Gasteiger partial charge in [0.2, 0.25) is 5.91 Å². The van der Waals surface area contributed by atoms with E-state index in [2.05, 4.69) is 15.4 Å². The smallest absolute Gasteiger partial charge is 0.248 e. The molecule has 1 N–H and O–H groups in total. The monoisotopic (exact) mass is 418 g/mol. The summed E-state index contributed by atoms with van der Waals surface area (Å²) in [6.07, 6.45) is 8.90. The molecule has 0 radical (unpaired) electrons. The average Bonchev–Trinajstić information content (AvgIpc) is 3.29. The Labute approximate surface area is 176 Å². The number of ether oxygens (including phenoxy) is 1.